The summed E-state index contributed by atoms with van der Waals surface area (Å²) in [6.07, 6.45) is 6.86. The molecule has 0 spiro atoms. The second kappa shape index (κ2) is 11.1. The van der Waals surface area contributed by atoms with E-state index in [0.29, 0.717) is 5.57 Å². The van der Waals surface area contributed by atoms with E-state index < -0.39 is 5.97 Å². The lowest BCUT2D eigenvalue weighted by Crippen LogP contribution is -2.15. The first-order valence-corrected chi connectivity index (χ1v) is 7.29. The highest BCUT2D eigenvalue weighted by molar-refractivity contribution is 5.85. The summed E-state index contributed by atoms with van der Waals surface area (Å²) in [6, 6.07) is 0. The summed E-state index contributed by atoms with van der Waals surface area (Å²) in [7, 11) is 0. The molecule has 0 aromatic carbocycles. The average Bonchev–Trinajstić information content (AvgIpc) is 3.28. The van der Waals surface area contributed by atoms with Crippen LogP contribution in [0.4, 0.5) is 0 Å². The zero-order valence-corrected chi connectivity index (χ0v) is 13.1. The average molecular weight is 298 g/mol. The zero-order valence-electron chi connectivity index (χ0n) is 13.1. The van der Waals surface area contributed by atoms with Crippen molar-refractivity contribution < 1.29 is 24.2 Å². The summed E-state index contributed by atoms with van der Waals surface area (Å²) < 4.78 is 9.93. The number of epoxide rings is 1. The Morgan fingerprint density at radius 2 is 2.10 bits per heavy atom. The molecule has 21 heavy (non-hydrogen) atoms. The van der Waals surface area contributed by atoms with Gasteiger partial charge in [-0.05, 0) is 26.2 Å². The number of ether oxygens (including phenoxy) is 2. The highest BCUT2D eigenvalue weighted by Crippen LogP contribution is 2.14. The van der Waals surface area contributed by atoms with Gasteiger partial charge in [-0.2, -0.15) is 0 Å². The normalized spacial score (nSPS) is 18.0. The lowest BCUT2D eigenvalue weighted by Gasteiger charge is -2.13. The molecule has 1 aliphatic rings. The Morgan fingerprint density at radius 1 is 1.48 bits per heavy atom. The molecule has 0 aromatic heterocycles. The van der Waals surface area contributed by atoms with Crippen molar-refractivity contribution in [3.63, 3.8) is 0 Å². The maximum absolute atomic E-state index is 10.7. The minimum Gasteiger partial charge on any atom is -0.478 e. The maximum atomic E-state index is 10.7. The highest BCUT2D eigenvalue weighted by Gasteiger charge is 2.20. The van der Waals surface area contributed by atoms with Crippen molar-refractivity contribution in [1.29, 1.82) is 0 Å². The minimum absolute atomic E-state index is 0.0745. The van der Waals surface area contributed by atoms with E-state index in [1.165, 1.54) is 6.08 Å². The molecule has 0 aliphatic carbocycles. The van der Waals surface area contributed by atoms with E-state index in [4.69, 9.17) is 14.6 Å². The lowest BCUT2D eigenvalue weighted by atomic mass is 10.2. The van der Waals surface area contributed by atoms with Crippen LogP contribution in [0.25, 0.3) is 0 Å². The number of carbonyl (C=O) groups excluding carboxylic acids is 1. The Kier molecular flexibility index (Phi) is 10.2. The predicted octanol–water partition coefficient (Wildman–Crippen LogP) is 3.10. The third-order valence-corrected chi connectivity index (χ3v) is 2.94. The summed E-state index contributed by atoms with van der Waals surface area (Å²) in [5, 5.41) is 8.41. The second-order valence-electron chi connectivity index (χ2n) is 4.84. The van der Waals surface area contributed by atoms with Crippen molar-refractivity contribution in [3.8, 4) is 0 Å². The third kappa shape index (κ3) is 10.8. The first kappa shape index (κ1) is 19.4. The van der Waals surface area contributed by atoms with Gasteiger partial charge in [-0.15, -0.1) is 0 Å². The van der Waals surface area contributed by atoms with Crippen LogP contribution >= 0.6 is 0 Å². The fourth-order valence-electron chi connectivity index (χ4n) is 1.48. The fourth-order valence-corrected chi connectivity index (χ4v) is 1.48. The van der Waals surface area contributed by atoms with Crippen LogP contribution in [0.15, 0.2) is 24.3 Å². The standard InChI is InChI=1S/C9H16O2.C7H10O3/c1-4-7-8(5-2)11-9(10)6-3;1-5(7(8)9)2-3-6-4-10-6/h6,8H,3-5,7H2,1-2H3;2,6H,3-4H2,1H3,(H,8,9). The van der Waals surface area contributed by atoms with Gasteiger partial charge in [-0.3, -0.25) is 0 Å². The maximum Gasteiger partial charge on any atom is 0.330 e. The van der Waals surface area contributed by atoms with Gasteiger partial charge in [0, 0.05) is 11.6 Å². The summed E-state index contributed by atoms with van der Waals surface area (Å²) in [5.41, 5.74) is 0.399. The van der Waals surface area contributed by atoms with Gasteiger partial charge in [-0.25, -0.2) is 9.59 Å². The molecule has 5 nitrogen and oxygen atoms in total. The van der Waals surface area contributed by atoms with Crippen LogP contribution in [0.5, 0.6) is 0 Å². The van der Waals surface area contributed by atoms with Crippen LogP contribution in [0.1, 0.15) is 46.5 Å². The molecular weight excluding hydrogens is 272 g/mol. The molecule has 2 atom stereocenters. The number of aliphatic carboxylic acids is 1. The number of rotatable bonds is 8. The molecule has 0 amide bonds. The van der Waals surface area contributed by atoms with E-state index in [1.54, 1.807) is 13.0 Å². The second-order valence-corrected chi connectivity index (χ2v) is 4.84. The molecule has 1 heterocycles. The summed E-state index contributed by atoms with van der Waals surface area (Å²) in [4.78, 5) is 20.9. The monoisotopic (exact) mass is 298 g/mol. The van der Waals surface area contributed by atoms with Crippen LogP contribution in [0, 0.1) is 0 Å². The topological polar surface area (TPSA) is 76.1 Å². The van der Waals surface area contributed by atoms with Crippen molar-refractivity contribution in [3.05, 3.63) is 24.3 Å². The Labute approximate surface area is 126 Å². The first-order chi connectivity index (χ1) is 9.94. The number of carbonyl (C=O) groups is 2. The number of carboxylic acids is 1. The van der Waals surface area contributed by atoms with Crippen molar-refractivity contribution in [2.75, 3.05) is 6.61 Å². The van der Waals surface area contributed by atoms with Gasteiger partial charge in [0.2, 0.25) is 0 Å². The molecule has 1 N–H and O–H groups in total. The fraction of sp³-hybridized carbons (Fsp3) is 0.625. The Hall–Kier alpha value is -1.62. The largest absolute Gasteiger partial charge is 0.478 e. The van der Waals surface area contributed by atoms with E-state index in [-0.39, 0.29) is 18.2 Å². The van der Waals surface area contributed by atoms with E-state index in [9.17, 15) is 9.59 Å². The van der Waals surface area contributed by atoms with Crippen molar-refractivity contribution >= 4 is 11.9 Å². The molecule has 5 heteroatoms. The van der Waals surface area contributed by atoms with Crippen LogP contribution < -0.4 is 0 Å². The minimum atomic E-state index is -0.847. The predicted molar refractivity (Wildman–Crippen MR) is 81.0 cm³/mol. The van der Waals surface area contributed by atoms with Gasteiger partial charge < -0.3 is 14.6 Å². The van der Waals surface area contributed by atoms with Crippen LogP contribution in [-0.2, 0) is 19.1 Å². The molecule has 120 valence electrons. The Bertz CT molecular complexity index is 369. The number of esters is 1. The smallest absolute Gasteiger partial charge is 0.330 e. The SMILES string of the molecule is C=CC(=O)OC(CC)CCC.CC(=CCC1CO1)C(=O)O. The van der Waals surface area contributed by atoms with Gasteiger partial charge in [0.05, 0.1) is 12.7 Å². The summed E-state index contributed by atoms with van der Waals surface area (Å²) >= 11 is 0. The van der Waals surface area contributed by atoms with Gasteiger partial charge in [0.15, 0.2) is 0 Å². The molecule has 0 saturated carbocycles. The molecule has 1 fully saturated rings. The van der Waals surface area contributed by atoms with Gasteiger partial charge in [0.25, 0.3) is 0 Å². The number of carboxylic acid groups (broad SMARTS) is 1. The van der Waals surface area contributed by atoms with Gasteiger partial charge in [-0.1, -0.05) is 32.9 Å². The molecule has 0 bridgehead atoms. The Morgan fingerprint density at radius 3 is 2.48 bits per heavy atom. The van der Waals surface area contributed by atoms with Crippen molar-refractivity contribution in [2.45, 2.75) is 58.7 Å². The van der Waals surface area contributed by atoms with E-state index in [2.05, 4.69) is 13.5 Å². The highest BCUT2D eigenvalue weighted by atomic mass is 16.6. The molecule has 2 unspecified atom stereocenters. The molecule has 1 aliphatic heterocycles. The number of hydrogen-bond acceptors (Lipinski definition) is 4. The third-order valence-electron chi connectivity index (χ3n) is 2.94. The van der Waals surface area contributed by atoms with E-state index in [0.717, 1.165) is 32.3 Å². The quantitative estimate of drug-likeness (QED) is 0.423. The Balaban J connectivity index is 0.000000382. The lowest BCUT2D eigenvalue weighted by molar-refractivity contribution is -0.143. The van der Waals surface area contributed by atoms with Crippen molar-refractivity contribution in [1.82, 2.24) is 0 Å². The van der Waals surface area contributed by atoms with Crippen LogP contribution in [0.3, 0.4) is 0 Å². The summed E-state index contributed by atoms with van der Waals surface area (Å²) in [5.74, 6) is -1.16. The van der Waals surface area contributed by atoms with Gasteiger partial charge in [0.1, 0.15) is 6.10 Å². The molecule has 1 saturated heterocycles. The van der Waals surface area contributed by atoms with Crippen LogP contribution in [-0.4, -0.2) is 35.9 Å². The van der Waals surface area contributed by atoms with Crippen molar-refractivity contribution in [2.24, 2.45) is 0 Å². The van der Waals surface area contributed by atoms with Gasteiger partial charge >= 0.3 is 11.9 Å². The van der Waals surface area contributed by atoms with E-state index >= 15 is 0 Å². The number of hydrogen-bond donors (Lipinski definition) is 1. The summed E-state index contributed by atoms with van der Waals surface area (Å²) in [6.45, 7) is 9.79. The molecule has 0 aromatic rings. The molecule has 0 radical (unpaired) electrons. The molecule has 1 rings (SSSR count). The zero-order chi connectivity index (χ0) is 16.3. The van der Waals surface area contributed by atoms with Crippen LogP contribution in [0.2, 0.25) is 0 Å². The molecular formula is C16H26O5. The van der Waals surface area contributed by atoms with E-state index in [1.807, 2.05) is 6.92 Å². The first-order valence-electron chi connectivity index (χ1n) is 7.29.